The van der Waals surface area contributed by atoms with Gasteiger partial charge in [-0.15, -0.1) is 0 Å². The number of aliphatic carboxylic acids is 1. The maximum atomic E-state index is 12.7. The van der Waals surface area contributed by atoms with E-state index in [0.29, 0.717) is 12.8 Å². The highest BCUT2D eigenvalue weighted by Gasteiger charge is 2.33. The van der Waals surface area contributed by atoms with E-state index in [0.717, 1.165) is 13.0 Å². The van der Waals surface area contributed by atoms with Gasteiger partial charge in [0, 0.05) is 5.75 Å². The number of hydrogen-bond donors (Lipinski definition) is 7. The number of carboxylic acid groups (broad SMARTS) is 1. The number of carbonyl (C=O) groups is 4. The Morgan fingerprint density at radius 1 is 1.14 bits per heavy atom. The third kappa shape index (κ3) is 6.95. The molecular weight excluding hydrogens is 388 g/mol. The van der Waals surface area contributed by atoms with Crippen LogP contribution in [0.25, 0.3) is 0 Å². The molecule has 5 atom stereocenters. The zero-order chi connectivity index (χ0) is 21.3. The first-order valence-corrected chi connectivity index (χ1v) is 9.97. The summed E-state index contributed by atoms with van der Waals surface area (Å²) in [7, 11) is 0. The summed E-state index contributed by atoms with van der Waals surface area (Å²) in [6, 6.07) is -3.78. The number of hydrogen-bond acceptors (Lipinski definition) is 7. The van der Waals surface area contributed by atoms with Crippen LogP contribution < -0.4 is 21.3 Å². The van der Waals surface area contributed by atoms with E-state index in [1.807, 2.05) is 13.8 Å². The highest BCUT2D eigenvalue weighted by atomic mass is 32.1. The standard InChI is InChI=1S/C17H30N4O6S/c1-3-9(2)13(21-14(23)10-5-4-6-18-10)16(25)20-12(8-28)15(24)19-11(7-22)17(26)27/h9-13,18,22,28H,3-8H2,1-2H3,(H,19,24)(H,20,25)(H,21,23)(H,26,27). The molecule has 1 rings (SSSR count). The average Bonchev–Trinajstić information content (AvgIpc) is 3.21. The van der Waals surface area contributed by atoms with Gasteiger partial charge in [0.1, 0.15) is 18.1 Å². The number of thiol groups is 1. The summed E-state index contributed by atoms with van der Waals surface area (Å²) < 4.78 is 0. The third-order valence-electron chi connectivity index (χ3n) is 4.78. The van der Waals surface area contributed by atoms with Crippen LogP contribution in [0.4, 0.5) is 0 Å². The first-order chi connectivity index (χ1) is 13.2. The summed E-state index contributed by atoms with van der Waals surface area (Å²) in [5.74, 6) is -3.26. The number of rotatable bonds is 11. The van der Waals surface area contributed by atoms with Gasteiger partial charge in [0.25, 0.3) is 0 Å². The average molecular weight is 419 g/mol. The first-order valence-electron chi connectivity index (χ1n) is 9.34. The van der Waals surface area contributed by atoms with Crippen molar-refractivity contribution in [1.29, 1.82) is 0 Å². The number of amides is 3. The SMILES string of the molecule is CCC(C)C(NC(=O)C1CCCN1)C(=O)NC(CS)C(=O)NC(CO)C(=O)O. The molecule has 1 aliphatic rings. The lowest BCUT2D eigenvalue weighted by atomic mass is 9.97. The second-order valence-electron chi connectivity index (χ2n) is 6.85. The minimum absolute atomic E-state index is 0.0826. The van der Waals surface area contributed by atoms with Gasteiger partial charge >= 0.3 is 5.97 Å². The molecule has 0 aromatic carbocycles. The van der Waals surface area contributed by atoms with Crippen molar-refractivity contribution in [2.45, 2.75) is 57.3 Å². The minimum Gasteiger partial charge on any atom is -0.480 e. The quantitative estimate of drug-likeness (QED) is 0.196. The molecule has 0 saturated carbocycles. The Morgan fingerprint density at radius 3 is 2.25 bits per heavy atom. The van der Waals surface area contributed by atoms with E-state index in [2.05, 4.69) is 33.9 Å². The molecule has 11 heteroatoms. The maximum Gasteiger partial charge on any atom is 0.328 e. The number of carboxylic acids is 1. The Morgan fingerprint density at radius 2 is 1.79 bits per heavy atom. The van der Waals surface area contributed by atoms with Crippen molar-refractivity contribution >= 4 is 36.3 Å². The predicted molar refractivity (Wildman–Crippen MR) is 105 cm³/mol. The lowest BCUT2D eigenvalue weighted by Gasteiger charge is -2.27. The minimum atomic E-state index is -1.48. The Kier molecular flexibility index (Phi) is 10.3. The number of carbonyl (C=O) groups excluding carboxylic acids is 3. The largest absolute Gasteiger partial charge is 0.480 e. The van der Waals surface area contributed by atoms with Crippen LogP contribution >= 0.6 is 12.6 Å². The Labute approximate surface area is 169 Å². The van der Waals surface area contributed by atoms with Gasteiger partial charge in [-0.3, -0.25) is 14.4 Å². The highest BCUT2D eigenvalue weighted by Crippen LogP contribution is 2.11. The normalized spacial score (nSPS) is 20.5. The van der Waals surface area contributed by atoms with Gasteiger partial charge in [0.2, 0.25) is 17.7 Å². The molecule has 10 nitrogen and oxygen atoms in total. The van der Waals surface area contributed by atoms with E-state index >= 15 is 0 Å². The van der Waals surface area contributed by atoms with Gasteiger partial charge in [-0.1, -0.05) is 20.3 Å². The van der Waals surface area contributed by atoms with E-state index in [9.17, 15) is 19.2 Å². The van der Waals surface area contributed by atoms with Gasteiger partial charge in [-0.2, -0.15) is 12.6 Å². The zero-order valence-corrected chi connectivity index (χ0v) is 17.0. The molecule has 0 bridgehead atoms. The van der Waals surface area contributed by atoms with E-state index in [-0.39, 0.29) is 23.6 Å². The van der Waals surface area contributed by atoms with Crippen molar-refractivity contribution in [1.82, 2.24) is 21.3 Å². The lowest BCUT2D eigenvalue weighted by molar-refractivity contribution is -0.143. The summed E-state index contributed by atoms with van der Waals surface area (Å²) >= 11 is 4.03. The molecule has 3 amide bonds. The molecule has 6 N–H and O–H groups in total. The van der Waals surface area contributed by atoms with E-state index in [1.54, 1.807) is 0 Å². The fourth-order valence-corrected chi connectivity index (χ4v) is 3.03. The Hall–Kier alpha value is -1.85. The van der Waals surface area contributed by atoms with Crippen molar-refractivity contribution in [2.24, 2.45) is 5.92 Å². The van der Waals surface area contributed by atoms with Gasteiger partial charge in [0.05, 0.1) is 12.6 Å². The number of aliphatic hydroxyl groups is 1. The van der Waals surface area contributed by atoms with Crippen molar-refractivity contribution in [2.75, 3.05) is 18.9 Å². The van der Waals surface area contributed by atoms with Crippen molar-refractivity contribution < 1.29 is 29.4 Å². The maximum absolute atomic E-state index is 12.7. The predicted octanol–water partition coefficient (Wildman–Crippen LogP) is -1.75. The van der Waals surface area contributed by atoms with Crippen LogP contribution in [0.1, 0.15) is 33.1 Å². The molecule has 1 heterocycles. The summed E-state index contributed by atoms with van der Waals surface area (Å²) in [5, 5.41) is 28.4. The Bertz CT molecular complexity index is 570. The first kappa shape index (κ1) is 24.2. The summed E-state index contributed by atoms with van der Waals surface area (Å²) in [6.07, 6.45) is 2.20. The molecule has 1 saturated heterocycles. The molecule has 0 spiro atoms. The van der Waals surface area contributed by atoms with E-state index in [1.165, 1.54) is 0 Å². The van der Waals surface area contributed by atoms with Crippen LogP contribution in [0, 0.1) is 5.92 Å². The number of aliphatic hydroxyl groups excluding tert-OH is 1. The Balaban J connectivity index is 2.78. The van der Waals surface area contributed by atoms with Crippen LogP contribution in [-0.2, 0) is 19.2 Å². The second kappa shape index (κ2) is 11.9. The smallest absolute Gasteiger partial charge is 0.328 e. The molecule has 1 aliphatic heterocycles. The zero-order valence-electron chi connectivity index (χ0n) is 16.1. The van der Waals surface area contributed by atoms with Crippen LogP contribution in [0.3, 0.4) is 0 Å². The van der Waals surface area contributed by atoms with Gasteiger partial charge in [-0.05, 0) is 25.3 Å². The molecule has 160 valence electrons. The van der Waals surface area contributed by atoms with E-state index in [4.69, 9.17) is 10.2 Å². The number of nitrogens with one attached hydrogen (secondary N) is 4. The molecule has 0 aliphatic carbocycles. The molecular formula is C17H30N4O6S. The second-order valence-corrected chi connectivity index (χ2v) is 7.21. The van der Waals surface area contributed by atoms with Crippen LogP contribution in [0.2, 0.25) is 0 Å². The van der Waals surface area contributed by atoms with Crippen LogP contribution in [0.5, 0.6) is 0 Å². The van der Waals surface area contributed by atoms with Crippen LogP contribution in [-0.4, -0.2) is 77.0 Å². The molecule has 0 aromatic heterocycles. The fraction of sp³-hybridized carbons (Fsp3) is 0.765. The van der Waals surface area contributed by atoms with Crippen molar-refractivity contribution in [3.05, 3.63) is 0 Å². The van der Waals surface area contributed by atoms with Gasteiger partial charge in [-0.25, -0.2) is 4.79 Å². The summed E-state index contributed by atoms with van der Waals surface area (Å²) in [6.45, 7) is 3.66. The fourth-order valence-electron chi connectivity index (χ4n) is 2.78. The third-order valence-corrected chi connectivity index (χ3v) is 5.15. The lowest BCUT2D eigenvalue weighted by Crippen LogP contribution is -2.59. The summed E-state index contributed by atoms with van der Waals surface area (Å²) in [4.78, 5) is 48.3. The molecule has 5 unspecified atom stereocenters. The van der Waals surface area contributed by atoms with E-state index < -0.39 is 42.5 Å². The van der Waals surface area contributed by atoms with Gasteiger partial charge in [0.15, 0.2) is 0 Å². The monoisotopic (exact) mass is 418 g/mol. The van der Waals surface area contributed by atoms with Crippen molar-refractivity contribution in [3.8, 4) is 0 Å². The topological polar surface area (TPSA) is 157 Å². The van der Waals surface area contributed by atoms with Crippen molar-refractivity contribution in [3.63, 3.8) is 0 Å². The molecule has 0 radical (unpaired) electrons. The molecule has 1 fully saturated rings. The van der Waals surface area contributed by atoms with Gasteiger partial charge < -0.3 is 31.5 Å². The molecule has 28 heavy (non-hydrogen) atoms. The molecule has 0 aromatic rings. The highest BCUT2D eigenvalue weighted by molar-refractivity contribution is 7.80. The van der Waals surface area contributed by atoms with Crippen LogP contribution in [0.15, 0.2) is 0 Å². The summed E-state index contributed by atoms with van der Waals surface area (Å²) in [5.41, 5.74) is 0.